The number of carbonyl (C=O) groups is 1. The molecular formula is C18H27N3O3. The topological polar surface area (TPSA) is 66.7 Å². The van der Waals surface area contributed by atoms with Crippen LogP contribution in [0.1, 0.15) is 50.9 Å². The molecule has 0 aliphatic carbocycles. The first-order valence-corrected chi connectivity index (χ1v) is 8.21. The molecule has 0 saturated carbocycles. The molecule has 0 spiro atoms. The van der Waals surface area contributed by atoms with Gasteiger partial charge >= 0.3 is 0 Å². The average molecular weight is 333 g/mol. The fourth-order valence-electron chi connectivity index (χ4n) is 3.69. The Morgan fingerprint density at radius 3 is 2.04 bits per heavy atom. The van der Waals surface area contributed by atoms with Crippen molar-refractivity contribution in [3.63, 3.8) is 0 Å². The van der Waals surface area contributed by atoms with E-state index in [1.807, 2.05) is 7.05 Å². The Hall–Kier alpha value is -1.95. The minimum Gasteiger partial charge on any atom is -0.339 e. The number of likely N-dealkylation sites (tertiary alicyclic amines) is 1. The van der Waals surface area contributed by atoms with E-state index >= 15 is 0 Å². The third-order valence-electron chi connectivity index (χ3n) is 5.48. The van der Waals surface area contributed by atoms with E-state index in [4.69, 9.17) is 0 Å². The maximum Gasteiger partial charge on any atom is 0.269 e. The molecular weight excluding hydrogens is 306 g/mol. The Kier molecular flexibility index (Phi) is 4.72. The van der Waals surface area contributed by atoms with Gasteiger partial charge in [0, 0.05) is 41.9 Å². The van der Waals surface area contributed by atoms with Gasteiger partial charge in [-0.2, -0.15) is 0 Å². The van der Waals surface area contributed by atoms with Gasteiger partial charge in [0.15, 0.2) is 0 Å². The summed E-state index contributed by atoms with van der Waals surface area (Å²) < 4.78 is 0. The molecule has 132 valence electrons. The molecule has 1 fully saturated rings. The van der Waals surface area contributed by atoms with E-state index < -0.39 is 4.92 Å². The fraction of sp³-hybridized carbons (Fsp3) is 0.611. The summed E-state index contributed by atoms with van der Waals surface area (Å²) in [6, 6.07) is 5.95. The van der Waals surface area contributed by atoms with E-state index in [1.165, 1.54) is 24.3 Å². The predicted octanol–water partition coefficient (Wildman–Crippen LogP) is 3.32. The maximum atomic E-state index is 12.8. The monoisotopic (exact) mass is 333 g/mol. The largest absolute Gasteiger partial charge is 0.339 e. The van der Waals surface area contributed by atoms with Crippen molar-refractivity contribution >= 4 is 11.6 Å². The summed E-state index contributed by atoms with van der Waals surface area (Å²) in [5.41, 5.74) is 0.473. The molecule has 1 heterocycles. The molecule has 1 aliphatic rings. The Bertz CT molecular complexity index is 619. The maximum absolute atomic E-state index is 12.8. The van der Waals surface area contributed by atoms with Crippen LogP contribution in [0.25, 0.3) is 0 Å². The molecule has 1 aromatic carbocycles. The van der Waals surface area contributed by atoms with E-state index in [9.17, 15) is 14.9 Å². The molecule has 24 heavy (non-hydrogen) atoms. The summed E-state index contributed by atoms with van der Waals surface area (Å²) >= 11 is 0. The lowest BCUT2D eigenvalue weighted by Crippen LogP contribution is -2.62. The van der Waals surface area contributed by atoms with E-state index in [-0.39, 0.29) is 28.7 Å². The summed E-state index contributed by atoms with van der Waals surface area (Å²) in [6.45, 7) is 8.80. The van der Waals surface area contributed by atoms with Gasteiger partial charge in [0.05, 0.1) is 4.92 Å². The predicted molar refractivity (Wildman–Crippen MR) is 94.1 cm³/mol. The van der Waals surface area contributed by atoms with Crippen LogP contribution in [0.15, 0.2) is 24.3 Å². The second-order valence-electron chi connectivity index (χ2n) is 7.97. The van der Waals surface area contributed by atoms with E-state index in [1.54, 1.807) is 4.90 Å². The van der Waals surface area contributed by atoms with Crippen molar-refractivity contribution in [2.24, 2.45) is 0 Å². The molecule has 0 N–H and O–H groups in total. The molecule has 2 rings (SSSR count). The van der Waals surface area contributed by atoms with Crippen LogP contribution in [0, 0.1) is 10.1 Å². The standard InChI is InChI=1S/C18H27N3O3/c1-17(2)11-15(12-18(3,4)20(17)6)19(5)16(22)13-7-9-14(10-8-13)21(23)24/h7-10,15H,11-12H2,1-6H3. The zero-order valence-electron chi connectivity index (χ0n) is 15.4. The third kappa shape index (κ3) is 3.43. The Morgan fingerprint density at radius 2 is 1.62 bits per heavy atom. The summed E-state index contributed by atoms with van der Waals surface area (Å²) in [6.07, 6.45) is 1.78. The second kappa shape index (κ2) is 6.16. The molecule has 6 heteroatoms. The van der Waals surface area contributed by atoms with Crippen molar-refractivity contribution in [2.75, 3.05) is 14.1 Å². The summed E-state index contributed by atoms with van der Waals surface area (Å²) in [4.78, 5) is 27.2. The summed E-state index contributed by atoms with van der Waals surface area (Å²) in [7, 11) is 3.96. The third-order valence-corrected chi connectivity index (χ3v) is 5.48. The number of piperidine rings is 1. The molecule has 1 aliphatic heterocycles. The van der Waals surface area contributed by atoms with Crippen LogP contribution < -0.4 is 0 Å². The van der Waals surface area contributed by atoms with Gasteiger partial charge in [0.1, 0.15) is 0 Å². The van der Waals surface area contributed by atoms with Crippen LogP contribution in [-0.4, -0.2) is 51.8 Å². The SMILES string of the molecule is CN(C(=O)c1ccc([N+](=O)[O-])cc1)C1CC(C)(C)N(C)C(C)(C)C1. The number of hydrogen-bond acceptors (Lipinski definition) is 4. The van der Waals surface area contributed by atoms with Crippen molar-refractivity contribution in [1.82, 2.24) is 9.80 Å². The van der Waals surface area contributed by atoms with Crippen LogP contribution in [0.5, 0.6) is 0 Å². The van der Waals surface area contributed by atoms with Crippen LogP contribution in [0.2, 0.25) is 0 Å². The van der Waals surface area contributed by atoms with Crippen LogP contribution in [0.4, 0.5) is 5.69 Å². The number of amides is 1. The van der Waals surface area contributed by atoms with Crippen molar-refractivity contribution in [3.8, 4) is 0 Å². The zero-order valence-corrected chi connectivity index (χ0v) is 15.4. The lowest BCUT2D eigenvalue weighted by Gasteiger charge is -2.55. The van der Waals surface area contributed by atoms with Crippen molar-refractivity contribution in [3.05, 3.63) is 39.9 Å². The highest BCUT2D eigenvalue weighted by Crippen LogP contribution is 2.38. The number of nitro benzene ring substituents is 1. The van der Waals surface area contributed by atoms with Crippen molar-refractivity contribution in [2.45, 2.75) is 57.7 Å². The smallest absolute Gasteiger partial charge is 0.269 e. The lowest BCUT2D eigenvalue weighted by molar-refractivity contribution is -0.384. The van der Waals surface area contributed by atoms with Gasteiger partial charge in [0.2, 0.25) is 0 Å². The first-order valence-electron chi connectivity index (χ1n) is 8.21. The summed E-state index contributed by atoms with van der Waals surface area (Å²) in [5, 5.41) is 10.7. The number of non-ortho nitro benzene ring substituents is 1. The van der Waals surface area contributed by atoms with Gasteiger partial charge in [-0.15, -0.1) is 0 Å². The van der Waals surface area contributed by atoms with E-state index in [2.05, 4.69) is 39.6 Å². The van der Waals surface area contributed by atoms with Gasteiger partial charge in [-0.3, -0.25) is 19.8 Å². The molecule has 1 aromatic rings. The number of nitro groups is 1. The van der Waals surface area contributed by atoms with Crippen LogP contribution in [-0.2, 0) is 0 Å². The normalized spacial score (nSPS) is 20.6. The van der Waals surface area contributed by atoms with E-state index in [0.29, 0.717) is 5.56 Å². The Balaban J connectivity index is 2.20. The molecule has 1 saturated heterocycles. The van der Waals surface area contributed by atoms with Crippen molar-refractivity contribution < 1.29 is 9.72 Å². The quantitative estimate of drug-likeness (QED) is 0.628. The van der Waals surface area contributed by atoms with E-state index in [0.717, 1.165) is 12.8 Å². The first-order chi connectivity index (χ1) is 11.0. The molecule has 6 nitrogen and oxygen atoms in total. The van der Waals surface area contributed by atoms with Gasteiger partial charge in [0.25, 0.3) is 11.6 Å². The minimum atomic E-state index is -0.458. The minimum absolute atomic E-state index is 0.00354. The molecule has 0 radical (unpaired) electrons. The highest BCUT2D eigenvalue weighted by Gasteiger charge is 2.44. The molecule has 0 atom stereocenters. The second-order valence-corrected chi connectivity index (χ2v) is 7.97. The van der Waals surface area contributed by atoms with Gasteiger partial charge in [-0.1, -0.05) is 0 Å². The van der Waals surface area contributed by atoms with Gasteiger partial charge < -0.3 is 4.90 Å². The Morgan fingerprint density at radius 1 is 1.17 bits per heavy atom. The highest BCUT2D eigenvalue weighted by molar-refractivity contribution is 5.94. The van der Waals surface area contributed by atoms with Gasteiger partial charge in [-0.05, 0) is 59.7 Å². The highest BCUT2D eigenvalue weighted by atomic mass is 16.6. The Labute approximate surface area is 143 Å². The average Bonchev–Trinajstić information content (AvgIpc) is 2.50. The molecule has 0 bridgehead atoms. The number of rotatable bonds is 3. The first kappa shape index (κ1) is 18.4. The van der Waals surface area contributed by atoms with Crippen molar-refractivity contribution in [1.29, 1.82) is 0 Å². The zero-order chi connectivity index (χ0) is 18.3. The molecule has 1 amide bonds. The van der Waals surface area contributed by atoms with Gasteiger partial charge in [-0.25, -0.2) is 0 Å². The van der Waals surface area contributed by atoms with Crippen LogP contribution in [0.3, 0.4) is 0 Å². The lowest BCUT2D eigenvalue weighted by atomic mass is 9.77. The molecule has 0 unspecified atom stereocenters. The number of nitrogens with zero attached hydrogens (tertiary/aromatic N) is 3. The summed E-state index contributed by atoms with van der Waals surface area (Å²) in [5.74, 6) is -0.0916. The fourth-order valence-corrected chi connectivity index (χ4v) is 3.69. The van der Waals surface area contributed by atoms with Crippen LogP contribution >= 0.6 is 0 Å². The number of benzene rings is 1. The number of carbonyl (C=O) groups excluding carboxylic acids is 1. The molecule has 0 aromatic heterocycles. The number of hydrogen-bond donors (Lipinski definition) is 0.